The van der Waals surface area contributed by atoms with Gasteiger partial charge in [0.15, 0.2) is 5.69 Å². The second-order valence-corrected chi connectivity index (χ2v) is 12.1. The summed E-state index contributed by atoms with van der Waals surface area (Å²) in [5, 5.41) is 11.2. The molecule has 0 bridgehead atoms. The van der Waals surface area contributed by atoms with Gasteiger partial charge >= 0.3 is 0 Å². The van der Waals surface area contributed by atoms with Crippen LogP contribution in [0, 0.1) is 0 Å². The lowest BCUT2D eigenvalue weighted by Crippen LogP contribution is -2.41. The molecule has 1 aliphatic heterocycles. The number of carbonyl (C=O) groups excluding carboxylic acids is 4. The Morgan fingerprint density at radius 2 is 1.24 bits per heavy atom. The minimum Gasteiger partial charge on any atom is -0.379 e. The molecular formula is C28H31Cl2N9O5S. The number of amides is 4. The van der Waals surface area contributed by atoms with Crippen molar-refractivity contribution in [3.05, 3.63) is 68.9 Å². The topological polar surface area (TPSA) is 157 Å². The van der Waals surface area contributed by atoms with Crippen LogP contribution >= 0.6 is 34.7 Å². The van der Waals surface area contributed by atoms with Gasteiger partial charge in [0, 0.05) is 65.9 Å². The van der Waals surface area contributed by atoms with Crippen molar-refractivity contribution in [2.75, 3.05) is 55.3 Å². The summed E-state index contributed by atoms with van der Waals surface area (Å²) in [6.07, 6.45) is 4.82. The van der Waals surface area contributed by atoms with Crippen LogP contribution in [0.15, 0.2) is 36.8 Å². The van der Waals surface area contributed by atoms with Gasteiger partial charge in [-0.05, 0) is 29.7 Å². The summed E-state index contributed by atoms with van der Waals surface area (Å²) in [5.41, 5.74) is 2.12. The molecule has 1 saturated heterocycles. The van der Waals surface area contributed by atoms with Gasteiger partial charge in [-0.1, -0.05) is 23.2 Å². The van der Waals surface area contributed by atoms with Gasteiger partial charge in [0.25, 0.3) is 23.6 Å². The average molecular weight is 677 g/mol. The lowest BCUT2D eigenvalue weighted by molar-refractivity contribution is 0.0383. The van der Waals surface area contributed by atoms with Crippen molar-refractivity contribution in [3.63, 3.8) is 0 Å². The van der Waals surface area contributed by atoms with Crippen molar-refractivity contribution in [1.82, 2.24) is 28.3 Å². The molecule has 0 aromatic carbocycles. The normalized spacial score (nSPS) is 13.4. The summed E-state index contributed by atoms with van der Waals surface area (Å²) < 4.78 is 14.3. The zero-order valence-corrected chi connectivity index (χ0v) is 27.0. The second-order valence-electron chi connectivity index (χ2n) is 10.4. The third-order valence-corrected chi connectivity index (χ3v) is 8.73. The van der Waals surface area contributed by atoms with Crippen LogP contribution in [-0.2, 0) is 25.9 Å². The molecule has 0 spiro atoms. The third-order valence-electron chi connectivity index (χ3n) is 7.12. The Morgan fingerprint density at radius 1 is 0.778 bits per heavy atom. The van der Waals surface area contributed by atoms with Gasteiger partial charge in [0.05, 0.1) is 30.3 Å². The van der Waals surface area contributed by atoms with Crippen molar-refractivity contribution < 1.29 is 23.9 Å². The number of nitrogens with one attached hydrogen (secondary N) is 4. The molecule has 14 nitrogen and oxygen atoms in total. The number of rotatable bonds is 10. The van der Waals surface area contributed by atoms with Crippen LogP contribution < -0.4 is 21.3 Å². The van der Waals surface area contributed by atoms with E-state index in [1.54, 1.807) is 59.5 Å². The van der Waals surface area contributed by atoms with E-state index in [4.69, 9.17) is 27.9 Å². The molecular weight excluding hydrogens is 645 g/mol. The highest BCUT2D eigenvalue weighted by molar-refractivity contribution is 7.11. The number of ether oxygens (including phenoxy) is 1. The molecule has 4 aromatic rings. The van der Waals surface area contributed by atoms with Gasteiger partial charge in [0.2, 0.25) is 0 Å². The van der Waals surface area contributed by atoms with E-state index >= 15 is 0 Å². The molecule has 0 radical (unpaired) electrons. The first-order valence-corrected chi connectivity index (χ1v) is 15.3. The number of anilines is 3. The van der Waals surface area contributed by atoms with Crippen molar-refractivity contribution in [3.8, 4) is 0 Å². The predicted molar refractivity (Wildman–Crippen MR) is 172 cm³/mol. The fourth-order valence-corrected chi connectivity index (χ4v) is 5.80. The van der Waals surface area contributed by atoms with Crippen LogP contribution in [0.5, 0.6) is 0 Å². The Labute approximate surface area is 272 Å². The van der Waals surface area contributed by atoms with E-state index in [2.05, 4.69) is 30.5 Å². The first kappa shape index (κ1) is 32.2. The minimum absolute atomic E-state index is 0.00825. The number of nitrogens with zero attached hydrogens (tertiary/aromatic N) is 5. The van der Waals surface area contributed by atoms with Crippen molar-refractivity contribution in [1.29, 1.82) is 0 Å². The van der Waals surface area contributed by atoms with E-state index in [-0.39, 0.29) is 32.3 Å². The summed E-state index contributed by atoms with van der Waals surface area (Å²) in [6.45, 7) is 4.30. The summed E-state index contributed by atoms with van der Waals surface area (Å²) in [7, 11) is 5.06. The van der Waals surface area contributed by atoms with E-state index < -0.39 is 17.7 Å². The number of aryl methyl sites for hydroxylation is 3. The van der Waals surface area contributed by atoms with Gasteiger partial charge in [0.1, 0.15) is 26.4 Å². The maximum Gasteiger partial charge on any atom is 0.277 e. The summed E-state index contributed by atoms with van der Waals surface area (Å²) in [6, 6.07) is 4.64. The Kier molecular flexibility index (Phi) is 9.94. The Hall–Kier alpha value is -4.15. The fraction of sp³-hybridized carbons (Fsp3) is 0.321. The number of halogens is 2. The van der Waals surface area contributed by atoms with E-state index in [9.17, 15) is 19.2 Å². The van der Waals surface area contributed by atoms with Crippen LogP contribution in [0.1, 0.15) is 42.0 Å². The van der Waals surface area contributed by atoms with Gasteiger partial charge in [-0.3, -0.25) is 24.1 Å². The van der Waals surface area contributed by atoms with Crippen LogP contribution in [0.25, 0.3) is 0 Å². The van der Waals surface area contributed by atoms with E-state index in [0.29, 0.717) is 42.5 Å². The van der Waals surface area contributed by atoms with Gasteiger partial charge in [-0.25, -0.2) is 0 Å². The third kappa shape index (κ3) is 7.57. The quantitative estimate of drug-likeness (QED) is 0.201. The molecule has 5 heterocycles. The fourth-order valence-electron chi connectivity index (χ4n) is 4.80. The summed E-state index contributed by atoms with van der Waals surface area (Å²) in [5.74, 6) is -1.69. The first-order chi connectivity index (χ1) is 21.5. The van der Waals surface area contributed by atoms with Crippen LogP contribution in [0.4, 0.5) is 17.1 Å². The lowest BCUT2D eigenvalue weighted by Gasteiger charge is -2.26. The Bertz CT molecular complexity index is 1750. The summed E-state index contributed by atoms with van der Waals surface area (Å²) >= 11 is 12.8. The monoisotopic (exact) mass is 675 g/mol. The molecule has 4 N–H and O–H groups in total. The standard InChI is InChI=1S/C28H31Cl2N9O5S/c1-36-13-16(10-19(36)25(40)31-4-5-39-6-8-44-9-7-39)32-26(41)20-11-17(14-37(20)2)33-27(42)21-12-18(15-38(21)3)34-28(43)23-22(29)24(30)45-35-23/h10-15H,4-9H2,1-3H3,(H,31,40)(H,32,41)(H,33,42)(H,34,43). The molecule has 0 unspecified atom stereocenters. The van der Waals surface area contributed by atoms with Gasteiger partial charge in [-0.15, -0.1) is 0 Å². The van der Waals surface area contributed by atoms with Crippen LogP contribution in [-0.4, -0.2) is 86.0 Å². The molecule has 1 aliphatic rings. The maximum atomic E-state index is 13.1. The van der Waals surface area contributed by atoms with E-state index in [1.165, 1.54) is 12.1 Å². The molecule has 5 rings (SSSR count). The number of morpholine rings is 1. The smallest absolute Gasteiger partial charge is 0.277 e. The molecule has 238 valence electrons. The van der Waals surface area contributed by atoms with Crippen molar-refractivity contribution >= 4 is 75.4 Å². The molecule has 17 heteroatoms. The highest BCUT2D eigenvalue weighted by atomic mass is 35.5. The zero-order valence-electron chi connectivity index (χ0n) is 24.6. The van der Waals surface area contributed by atoms with E-state index in [0.717, 1.165) is 31.2 Å². The average Bonchev–Trinajstić information content (AvgIpc) is 3.75. The van der Waals surface area contributed by atoms with Crippen LogP contribution in [0.2, 0.25) is 9.36 Å². The molecule has 0 saturated carbocycles. The van der Waals surface area contributed by atoms with E-state index in [1.807, 2.05) is 0 Å². The largest absolute Gasteiger partial charge is 0.379 e. The lowest BCUT2D eigenvalue weighted by atomic mass is 10.3. The van der Waals surface area contributed by atoms with Gasteiger partial charge in [-0.2, -0.15) is 4.37 Å². The zero-order chi connectivity index (χ0) is 32.2. The Balaban J connectivity index is 1.17. The number of hydrogen-bond acceptors (Lipinski definition) is 8. The van der Waals surface area contributed by atoms with Crippen molar-refractivity contribution in [2.45, 2.75) is 0 Å². The Morgan fingerprint density at radius 3 is 1.71 bits per heavy atom. The molecule has 45 heavy (non-hydrogen) atoms. The first-order valence-electron chi connectivity index (χ1n) is 13.8. The highest BCUT2D eigenvalue weighted by Crippen LogP contribution is 2.30. The van der Waals surface area contributed by atoms with Crippen LogP contribution in [0.3, 0.4) is 0 Å². The SMILES string of the molecule is Cn1cc(NC(=O)c2cc(NC(=O)c3cc(NC(=O)c4nsc(Cl)c4Cl)cn3C)cn2C)cc1C(=O)NCCN1CCOCC1. The maximum absolute atomic E-state index is 13.1. The van der Waals surface area contributed by atoms with Crippen molar-refractivity contribution in [2.24, 2.45) is 21.1 Å². The van der Waals surface area contributed by atoms with Gasteiger partial charge < -0.3 is 39.7 Å². The highest BCUT2D eigenvalue weighted by Gasteiger charge is 2.21. The number of carbonyl (C=O) groups is 4. The molecule has 1 fully saturated rings. The molecule has 0 atom stereocenters. The minimum atomic E-state index is -0.561. The predicted octanol–water partition coefficient (Wildman–Crippen LogP) is 3.28. The molecule has 4 aromatic heterocycles. The second kappa shape index (κ2) is 13.9. The summed E-state index contributed by atoms with van der Waals surface area (Å²) in [4.78, 5) is 53.7. The number of aromatic nitrogens is 4. The molecule has 0 aliphatic carbocycles. The number of hydrogen-bond donors (Lipinski definition) is 4. The molecule has 4 amide bonds.